The number of nitrogens with zero attached hydrogens (tertiary/aromatic N) is 1. The minimum Gasteiger partial charge on any atom is -0.379 e. The van der Waals surface area contributed by atoms with E-state index in [1.165, 1.54) is 0 Å². The summed E-state index contributed by atoms with van der Waals surface area (Å²) in [5.74, 6) is 5.53. The van der Waals surface area contributed by atoms with E-state index in [1.807, 2.05) is 6.07 Å². The Kier molecular flexibility index (Phi) is 6.17. The molecule has 23 heavy (non-hydrogen) atoms. The van der Waals surface area contributed by atoms with E-state index < -0.39 is 5.60 Å². The van der Waals surface area contributed by atoms with Crippen molar-refractivity contribution in [3.05, 3.63) is 35.4 Å². The van der Waals surface area contributed by atoms with Crippen LogP contribution in [0.2, 0.25) is 0 Å². The molecule has 1 aromatic carbocycles. The minimum absolute atomic E-state index is 0.106. The van der Waals surface area contributed by atoms with Crippen LogP contribution in [0.1, 0.15) is 29.8 Å². The zero-order valence-electron chi connectivity index (χ0n) is 13.8. The van der Waals surface area contributed by atoms with Crippen molar-refractivity contribution >= 4 is 5.91 Å². The molecule has 0 aromatic heterocycles. The van der Waals surface area contributed by atoms with Crippen molar-refractivity contribution in [3.8, 4) is 11.8 Å². The van der Waals surface area contributed by atoms with Crippen LogP contribution in [-0.2, 0) is 4.74 Å². The van der Waals surface area contributed by atoms with Gasteiger partial charge in [-0.05, 0) is 32.0 Å². The molecular weight excluding hydrogens is 292 g/mol. The van der Waals surface area contributed by atoms with Crippen molar-refractivity contribution in [1.82, 2.24) is 10.2 Å². The van der Waals surface area contributed by atoms with Gasteiger partial charge in [-0.3, -0.25) is 9.69 Å². The largest absolute Gasteiger partial charge is 0.379 e. The zero-order chi connectivity index (χ0) is 16.7. The predicted octanol–water partition coefficient (Wildman–Crippen LogP) is 0.871. The molecule has 0 spiro atoms. The first kappa shape index (κ1) is 17.5. The Balaban J connectivity index is 1.87. The number of carbonyl (C=O) groups is 1. The molecule has 5 heteroatoms. The van der Waals surface area contributed by atoms with Crippen LogP contribution >= 0.6 is 0 Å². The maximum absolute atomic E-state index is 12.2. The molecule has 1 saturated heterocycles. The van der Waals surface area contributed by atoms with Crippen LogP contribution in [0.4, 0.5) is 0 Å². The van der Waals surface area contributed by atoms with Crippen LogP contribution in [0.25, 0.3) is 0 Å². The van der Waals surface area contributed by atoms with E-state index in [0.717, 1.165) is 32.8 Å². The molecule has 124 valence electrons. The Morgan fingerprint density at radius 1 is 1.39 bits per heavy atom. The average Bonchev–Trinajstić information content (AvgIpc) is 2.53. The van der Waals surface area contributed by atoms with Crippen LogP contribution in [0, 0.1) is 11.8 Å². The second kappa shape index (κ2) is 8.11. The Bertz CT molecular complexity index is 590. The van der Waals surface area contributed by atoms with E-state index in [-0.39, 0.29) is 5.91 Å². The molecule has 0 radical (unpaired) electrons. The summed E-state index contributed by atoms with van der Waals surface area (Å²) in [6, 6.07) is 7.12. The smallest absolute Gasteiger partial charge is 0.251 e. The fourth-order valence-electron chi connectivity index (χ4n) is 2.22. The first-order valence-electron chi connectivity index (χ1n) is 7.88. The Hall–Kier alpha value is -1.87. The first-order chi connectivity index (χ1) is 10.9. The summed E-state index contributed by atoms with van der Waals surface area (Å²) in [5.41, 5.74) is 0.249. The molecule has 1 aliphatic rings. The van der Waals surface area contributed by atoms with Gasteiger partial charge in [0.1, 0.15) is 5.60 Å². The SMILES string of the molecule is CC(C)(O)C#Cc1cccc(C(=O)NCCN2CCOCC2)c1. The van der Waals surface area contributed by atoms with Gasteiger partial charge in [-0.25, -0.2) is 0 Å². The first-order valence-corrected chi connectivity index (χ1v) is 7.88. The van der Waals surface area contributed by atoms with E-state index in [2.05, 4.69) is 22.1 Å². The topological polar surface area (TPSA) is 61.8 Å². The number of rotatable bonds is 4. The number of aliphatic hydroxyl groups is 1. The van der Waals surface area contributed by atoms with Gasteiger partial charge >= 0.3 is 0 Å². The second-order valence-electron chi connectivity index (χ2n) is 6.10. The summed E-state index contributed by atoms with van der Waals surface area (Å²) in [6.45, 7) is 8.04. The number of ether oxygens (including phenoxy) is 1. The molecule has 1 aromatic rings. The highest BCUT2D eigenvalue weighted by molar-refractivity contribution is 5.94. The number of hydrogen-bond donors (Lipinski definition) is 2. The quantitative estimate of drug-likeness (QED) is 0.809. The summed E-state index contributed by atoms with van der Waals surface area (Å²) < 4.78 is 5.30. The average molecular weight is 316 g/mol. The second-order valence-corrected chi connectivity index (χ2v) is 6.10. The number of amides is 1. The fraction of sp³-hybridized carbons (Fsp3) is 0.500. The van der Waals surface area contributed by atoms with Gasteiger partial charge in [-0.2, -0.15) is 0 Å². The number of hydrogen-bond acceptors (Lipinski definition) is 4. The zero-order valence-corrected chi connectivity index (χ0v) is 13.8. The highest BCUT2D eigenvalue weighted by atomic mass is 16.5. The third-order valence-corrected chi connectivity index (χ3v) is 3.45. The standard InChI is InChI=1S/C18H24N2O3/c1-18(2,22)7-6-15-4-3-5-16(14-15)17(21)19-8-9-20-10-12-23-13-11-20/h3-5,14,22H,8-13H2,1-2H3,(H,19,21). The number of carbonyl (C=O) groups excluding carboxylic acids is 1. The van der Waals surface area contributed by atoms with Crippen LogP contribution < -0.4 is 5.32 Å². The summed E-state index contributed by atoms with van der Waals surface area (Å²) in [7, 11) is 0. The van der Waals surface area contributed by atoms with Crippen molar-refractivity contribution in [2.45, 2.75) is 19.4 Å². The third-order valence-electron chi connectivity index (χ3n) is 3.45. The molecule has 0 saturated carbocycles. The molecular formula is C18H24N2O3. The van der Waals surface area contributed by atoms with E-state index in [0.29, 0.717) is 17.7 Å². The van der Waals surface area contributed by atoms with Crippen molar-refractivity contribution in [3.63, 3.8) is 0 Å². The molecule has 2 rings (SSSR count). The molecule has 0 unspecified atom stereocenters. The summed E-state index contributed by atoms with van der Waals surface area (Å²) in [6.07, 6.45) is 0. The van der Waals surface area contributed by atoms with Gasteiger partial charge in [-0.15, -0.1) is 0 Å². The van der Waals surface area contributed by atoms with E-state index in [9.17, 15) is 9.90 Å². The van der Waals surface area contributed by atoms with E-state index in [4.69, 9.17) is 4.74 Å². The molecule has 0 atom stereocenters. The molecule has 2 N–H and O–H groups in total. The monoisotopic (exact) mass is 316 g/mol. The van der Waals surface area contributed by atoms with Gasteiger partial charge in [0.15, 0.2) is 0 Å². The van der Waals surface area contributed by atoms with E-state index >= 15 is 0 Å². The molecule has 5 nitrogen and oxygen atoms in total. The highest BCUT2D eigenvalue weighted by Gasteiger charge is 2.11. The van der Waals surface area contributed by atoms with Gasteiger partial charge in [0, 0.05) is 37.3 Å². The minimum atomic E-state index is -1.05. The maximum Gasteiger partial charge on any atom is 0.251 e. The normalized spacial score (nSPS) is 15.6. The molecule has 1 fully saturated rings. The van der Waals surface area contributed by atoms with Crippen molar-refractivity contribution < 1.29 is 14.6 Å². The van der Waals surface area contributed by atoms with Gasteiger partial charge in [0.25, 0.3) is 5.91 Å². The van der Waals surface area contributed by atoms with Gasteiger partial charge < -0.3 is 15.2 Å². The van der Waals surface area contributed by atoms with Gasteiger partial charge in [0.05, 0.1) is 13.2 Å². The highest BCUT2D eigenvalue weighted by Crippen LogP contribution is 2.06. The molecule has 1 heterocycles. The lowest BCUT2D eigenvalue weighted by Gasteiger charge is -2.26. The predicted molar refractivity (Wildman–Crippen MR) is 89.2 cm³/mol. The Morgan fingerprint density at radius 3 is 2.83 bits per heavy atom. The number of nitrogens with one attached hydrogen (secondary N) is 1. The van der Waals surface area contributed by atoms with Crippen molar-refractivity contribution in [2.75, 3.05) is 39.4 Å². The molecule has 1 amide bonds. The Labute approximate surface area is 137 Å². The van der Waals surface area contributed by atoms with Crippen molar-refractivity contribution in [2.24, 2.45) is 0 Å². The molecule has 0 aliphatic carbocycles. The van der Waals surface area contributed by atoms with Gasteiger partial charge in [-0.1, -0.05) is 17.9 Å². The maximum atomic E-state index is 12.2. The molecule has 1 aliphatic heterocycles. The van der Waals surface area contributed by atoms with E-state index in [1.54, 1.807) is 32.0 Å². The van der Waals surface area contributed by atoms with Gasteiger partial charge in [0.2, 0.25) is 0 Å². The fourth-order valence-corrected chi connectivity index (χ4v) is 2.22. The lowest BCUT2D eigenvalue weighted by Crippen LogP contribution is -2.41. The summed E-state index contributed by atoms with van der Waals surface area (Å²) in [5, 5.41) is 12.6. The Morgan fingerprint density at radius 2 is 2.13 bits per heavy atom. The molecule has 0 bridgehead atoms. The van der Waals surface area contributed by atoms with Crippen LogP contribution in [-0.4, -0.2) is 60.9 Å². The number of morpholine rings is 1. The lowest BCUT2D eigenvalue weighted by molar-refractivity contribution is 0.0383. The van der Waals surface area contributed by atoms with Crippen LogP contribution in [0.5, 0.6) is 0 Å². The lowest BCUT2D eigenvalue weighted by atomic mass is 10.1. The summed E-state index contributed by atoms with van der Waals surface area (Å²) >= 11 is 0. The summed E-state index contributed by atoms with van der Waals surface area (Å²) in [4.78, 5) is 14.5. The number of benzene rings is 1. The van der Waals surface area contributed by atoms with Crippen LogP contribution in [0.15, 0.2) is 24.3 Å². The van der Waals surface area contributed by atoms with Crippen molar-refractivity contribution in [1.29, 1.82) is 0 Å². The third kappa shape index (κ3) is 6.41. The van der Waals surface area contributed by atoms with Crippen LogP contribution in [0.3, 0.4) is 0 Å².